The lowest BCUT2D eigenvalue weighted by Crippen LogP contribution is -2.41. The number of hydrogen-bond donors (Lipinski definition) is 0. The molecular weight excluding hydrogens is 393 g/mol. The van der Waals surface area contributed by atoms with Crippen molar-refractivity contribution in [1.82, 2.24) is 4.90 Å². The largest absolute Gasteiger partial charge is 0.334 e. The van der Waals surface area contributed by atoms with Crippen molar-refractivity contribution in [2.75, 3.05) is 11.5 Å². The van der Waals surface area contributed by atoms with Gasteiger partial charge in [0, 0.05) is 22.6 Å². The van der Waals surface area contributed by atoms with Crippen LogP contribution in [0.15, 0.2) is 48.5 Å². The average Bonchev–Trinajstić information content (AvgIpc) is 2.95. The summed E-state index contributed by atoms with van der Waals surface area (Å²) in [7, 11) is -3.10. The van der Waals surface area contributed by atoms with Crippen molar-refractivity contribution in [2.24, 2.45) is 0 Å². The van der Waals surface area contributed by atoms with E-state index in [4.69, 9.17) is 23.2 Å². The van der Waals surface area contributed by atoms with Crippen LogP contribution in [0.3, 0.4) is 0 Å². The van der Waals surface area contributed by atoms with Crippen molar-refractivity contribution >= 4 is 38.9 Å². The standard InChI is InChI=1S/C19H19Cl2NO3S/c20-16-7-5-14(6-8-16)11-19(23)22(17-9-10-26(24,25)13-17)12-15-3-1-2-4-18(15)21/h1-8,17H,9-13H2. The Morgan fingerprint density at radius 3 is 2.38 bits per heavy atom. The van der Waals surface area contributed by atoms with E-state index in [0.29, 0.717) is 23.0 Å². The zero-order chi connectivity index (χ0) is 18.7. The first-order valence-corrected chi connectivity index (χ1v) is 10.9. The van der Waals surface area contributed by atoms with Crippen molar-refractivity contribution in [3.63, 3.8) is 0 Å². The summed E-state index contributed by atoms with van der Waals surface area (Å²) in [5.41, 5.74) is 1.65. The fourth-order valence-electron chi connectivity index (χ4n) is 3.13. The number of rotatable bonds is 5. The van der Waals surface area contributed by atoms with Crippen molar-refractivity contribution < 1.29 is 13.2 Å². The summed E-state index contributed by atoms with van der Waals surface area (Å²) in [6.45, 7) is 0.298. The highest BCUT2D eigenvalue weighted by Gasteiger charge is 2.34. The van der Waals surface area contributed by atoms with E-state index in [-0.39, 0.29) is 29.9 Å². The van der Waals surface area contributed by atoms with Crippen LogP contribution < -0.4 is 0 Å². The minimum Gasteiger partial charge on any atom is -0.334 e. The van der Waals surface area contributed by atoms with Gasteiger partial charge in [0.25, 0.3) is 0 Å². The van der Waals surface area contributed by atoms with E-state index < -0.39 is 9.84 Å². The number of benzene rings is 2. The highest BCUT2D eigenvalue weighted by molar-refractivity contribution is 7.91. The monoisotopic (exact) mass is 411 g/mol. The molecule has 0 radical (unpaired) electrons. The van der Waals surface area contributed by atoms with Crippen molar-refractivity contribution in [2.45, 2.75) is 25.4 Å². The van der Waals surface area contributed by atoms with Gasteiger partial charge < -0.3 is 4.90 Å². The smallest absolute Gasteiger partial charge is 0.227 e. The Kier molecular flexibility index (Phi) is 5.90. The van der Waals surface area contributed by atoms with E-state index in [9.17, 15) is 13.2 Å². The molecule has 2 aromatic rings. The molecule has 1 atom stereocenters. The van der Waals surface area contributed by atoms with E-state index >= 15 is 0 Å². The van der Waals surface area contributed by atoms with Gasteiger partial charge in [0.15, 0.2) is 9.84 Å². The Morgan fingerprint density at radius 1 is 1.08 bits per heavy atom. The van der Waals surface area contributed by atoms with Gasteiger partial charge in [-0.3, -0.25) is 4.79 Å². The molecule has 26 heavy (non-hydrogen) atoms. The first kappa shape index (κ1) is 19.2. The van der Waals surface area contributed by atoms with Crippen LogP contribution in [0.25, 0.3) is 0 Å². The summed E-state index contributed by atoms with van der Waals surface area (Å²) in [5, 5.41) is 1.17. The van der Waals surface area contributed by atoms with Crippen molar-refractivity contribution in [3.8, 4) is 0 Å². The van der Waals surface area contributed by atoms with Gasteiger partial charge in [-0.15, -0.1) is 0 Å². The molecule has 138 valence electrons. The lowest BCUT2D eigenvalue weighted by Gasteiger charge is -2.29. The van der Waals surface area contributed by atoms with Gasteiger partial charge >= 0.3 is 0 Å². The summed E-state index contributed by atoms with van der Waals surface area (Å²) in [5.74, 6) is 0.00342. The fraction of sp³-hybridized carbons (Fsp3) is 0.316. The molecule has 1 aliphatic rings. The predicted molar refractivity (Wildman–Crippen MR) is 104 cm³/mol. The molecule has 0 saturated carbocycles. The summed E-state index contributed by atoms with van der Waals surface area (Å²) >= 11 is 12.1. The quantitative estimate of drug-likeness (QED) is 0.752. The Balaban J connectivity index is 1.83. The number of amides is 1. The van der Waals surface area contributed by atoms with Gasteiger partial charge in [-0.1, -0.05) is 53.5 Å². The molecule has 1 unspecified atom stereocenters. The fourth-order valence-corrected chi connectivity index (χ4v) is 5.18. The minimum absolute atomic E-state index is 0.00378. The molecule has 0 bridgehead atoms. The Hall–Kier alpha value is -1.56. The zero-order valence-electron chi connectivity index (χ0n) is 14.1. The molecule has 1 saturated heterocycles. The molecule has 0 aliphatic carbocycles. The third kappa shape index (κ3) is 4.78. The van der Waals surface area contributed by atoms with Crippen LogP contribution >= 0.6 is 23.2 Å². The van der Waals surface area contributed by atoms with Gasteiger partial charge in [0.1, 0.15) is 0 Å². The first-order chi connectivity index (χ1) is 12.3. The van der Waals surface area contributed by atoms with E-state index in [1.807, 2.05) is 18.2 Å². The summed E-state index contributed by atoms with van der Waals surface area (Å²) < 4.78 is 23.8. The van der Waals surface area contributed by atoms with Crippen LogP contribution in [0.2, 0.25) is 10.0 Å². The molecule has 0 aromatic heterocycles. The van der Waals surface area contributed by atoms with Crippen LogP contribution in [0, 0.1) is 0 Å². The topological polar surface area (TPSA) is 54.5 Å². The molecule has 0 spiro atoms. The highest BCUT2D eigenvalue weighted by atomic mass is 35.5. The molecule has 1 fully saturated rings. The van der Waals surface area contributed by atoms with E-state index in [0.717, 1.165) is 11.1 Å². The Labute approximate surface area is 163 Å². The number of carbonyl (C=O) groups excluding carboxylic acids is 1. The Bertz CT molecular complexity index is 897. The summed E-state index contributed by atoms with van der Waals surface area (Å²) in [4.78, 5) is 14.6. The van der Waals surface area contributed by atoms with Gasteiger partial charge in [-0.2, -0.15) is 0 Å². The molecule has 0 N–H and O–H groups in total. The molecule has 4 nitrogen and oxygen atoms in total. The molecule has 7 heteroatoms. The lowest BCUT2D eigenvalue weighted by atomic mass is 10.1. The second-order valence-electron chi connectivity index (χ2n) is 6.47. The highest BCUT2D eigenvalue weighted by Crippen LogP contribution is 2.24. The number of halogens is 2. The molecule has 1 aliphatic heterocycles. The molecule has 1 amide bonds. The number of nitrogens with zero attached hydrogens (tertiary/aromatic N) is 1. The molecule has 2 aromatic carbocycles. The number of carbonyl (C=O) groups is 1. The minimum atomic E-state index is -3.10. The summed E-state index contributed by atoms with van der Waals surface area (Å²) in [6.07, 6.45) is 0.650. The van der Waals surface area contributed by atoms with E-state index in [1.54, 1.807) is 35.2 Å². The lowest BCUT2D eigenvalue weighted by molar-refractivity contribution is -0.133. The second kappa shape index (κ2) is 7.99. The van der Waals surface area contributed by atoms with Gasteiger partial charge in [0.05, 0.1) is 17.9 Å². The van der Waals surface area contributed by atoms with Crippen molar-refractivity contribution in [1.29, 1.82) is 0 Å². The number of hydrogen-bond acceptors (Lipinski definition) is 3. The normalized spacial score (nSPS) is 18.6. The zero-order valence-corrected chi connectivity index (χ0v) is 16.4. The summed E-state index contributed by atoms with van der Waals surface area (Å²) in [6, 6.07) is 14.1. The molecular formula is C19H19Cl2NO3S. The SMILES string of the molecule is O=C(Cc1ccc(Cl)cc1)N(Cc1ccccc1Cl)C1CCS(=O)(=O)C1. The van der Waals surface area contributed by atoms with Crippen LogP contribution in [-0.2, 0) is 27.6 Å². The predicted octanol–water partition coefficient (Wildman–Crippen LogP) is 3.75. The third-order valence-electron chi connectivity index (χ3n) is 4.54. The molecule has 3 rings (SSSR count). The number of sulfone groups is 1. The van der Waals surface area contributed by atoms with Gasteiger partial charge in [0.2, 0.25) is 5.91 Å². The van der Waals surface area contributed by atoms with Crippen LogP contribution in [0.4, 0.5) is 0 Å². The maximum Gasteiger partial charge on any atom is 0.227 e. The van der Waals surface area contributed by atoms with Gasteiger partial charge in [-0.05, 0) is 35.7 Å². The average molecular weight is 412 g/mol. The third-order valence-corrected chi connectivity index (χ3v) is 6.91. The van der Waals surface area contributed by atoms with Crippen LogP contribution in [0.5, 0.6) is 0 Å². The second-order valence-corrected chi connectivity index (χ2v) is 9.55. The van der Waals surface area contributed by atoms with Gasteiger partial charge in [-0.25, -0.2) is 8.42 Å². The van der Waals surface area contributed by atoms with Crippen LogP contribution in [0.1, 0.15) is 17.5 Å². The first-order valence-electron chi connectivity index (χ1n) is 8.32. The van der Waals surface area contributed by atoms with Crippen molar-refractivity contribution in [3.05, 3.63) is 69.7 Å². The maximum atomic E-state index is 13.0. The maximum absolute atomic E-state index is 13.0. The Morgan fingerprint density at radius 2 is 1.77 bits per heavy atom. The van der Waals surface area contributed by atoms with E-state index in [1.165, 1.54) is 0 Å². The van der Waals surface area contributed by atoms with Crippen LogP contribution in [-0.4, -0.2) is 36.8 Å². The molecule has 1 heterocycles. The van der Waals surface area contributed by atoms with E-state index in [2.05, 4.69) is 0 Å².